The van der Waals surface area contributed by atoms with Crippen LogP contribution >= 0.6 is 0 Å². The molecule has 0 amide bonds. The van der Waals surface area contributed by atoms with E-state index >= 15 is 0 Å². The number of carbonyl (C=O) groups is 3. The number of hydrogen-bond acceptors (Lipinski definition) is 6. The van der Waals surface area contributed by atoms with Crippen molar-refractivity contribution in [3.05, 3.63) is 97.2 Å². The highest BCUT2D eigenvalue weighted by molar-refractivity contribution is 5.71. The molecule has 0 bridgehead atoms. The highest BCUT2D eigenvalue weighted by atomic mass is 16.6. The van der Waals surface area contributed by atoms with Gasteiger partial charge in [0.25, 0.3) is 0 Å². The smallest absolute Gasteiger partial charge is 0.306 e. The maximum Gasteiger partial charge on any atom is 0.306 e. The lowest BCUT2D eigenvalue weighted by Gasteiger charge is -2.18. The van der Waals surface area contributed by atoms with E-state index in [9.17, 15) is 14.4 Å². The Morgan fingerprint density at radius 2 is 0.677 bits per heavy atom. The van der Waals surface area contributed by atoms with Crippen LogP contribution in [0, 0.1) is 0 Å². The van der Waals surface area contributed by atoms with E-state index in [4.69, 9.17) is 14.2 Å². The number of ether oxygens (including phenoxy) is 3. The molecule has 0 rings (SSSR count). The Hall–Kier alpha value is -3.67. The molecule has 0 aliphatic carbocycles. The highest BCUT2D eigenvalue weighted by Crippen LogP contribution is 2.13. The third-order valence-electron chi connectivity index (χ3n) is 10.3. The molecule has 0 aliphatic rings. The first-order chi connectivity index (χ1) is 30.5. The van der Waals surface area contributed by atoms with Gasteiger partial charge >= 0.3 is 17.9 Å². The molecule has 0 aromatic rings. The van der Waals surface area contributed by atoms with Gasteiger partial charge in [0.15, 0.2) is 6.10 Å². The zero-order chi connectivity index (χ0) is 45.1. The van der Waals surface area contributed by atoms with Crippen LogP contribution in [0.5, 0.6) is 0 Å². The largest absolute Gasteiger partial charge is 0.462 e. The molecule has 62 heavy (non-hydrogen) atoms. The first-order valence-corrected chi connectivity index (χ1v) is 25.3. The standard InChI is InChI=1S/C56H92O6/c1-4-7-10-13-16-19-22-25-27-28-29-30-32-34-37-40-43-46-49-55(58)61-52-53(51-60-54(57)48-45-42-39-36-33-24-21-18-15-12-9-6-3)62-56(59)50-47-44-41-38-35-31-26-23-20-17-14-11-8-5-2/h8-9,11-12,17-18,20-21,26-31,33,36,53H,4-7,10,13-16,19,22-25,32,34-35,37-52H2,1-3H3/b11-8-,12-9-,20-17-,21-18-,28-27-,30-29-,31-26-,36-33-. The Labute approximate surface area is 381 Å². The molecular weight excluding hydrogens is 769 g/mol. The zero-order valence-corrected chi connectivity index (χ0v) is 40.1. The fourth-order valence-corrected chi connectivity index (χ4v) is 6.58. The molecule has 0 fully saturated rings. The Morgan fingerprint density at radius 1 is 0.355 bits per heavy atom. The van der Waals surface area contributed by atoms with E-state index in [0.717, 1.165) is 128 Å². The van der Waals surface area contributed by atoms with Crippen molar-refractivity contribution in [1.29, 1.82) is 0 Å². The van der Waals surface area contributed by atoms with Gasteiger partial charge in [-0.15, -0.1) is 0 Å². The number of carbonyl (C=O) groups excluding carboxylic acids is 3. The molecule has 0 aliphatic heterocycles. The van der Waals surface area contributed by atoms with Gasteiger partial charge in [-0.05, 0) is 109 Å². The Morgan fingerprint density at radius 3 is 1.11 bits per heavy atom. The van der Waals surface area contributed by atoms with Gasteiger partial charge in [0.1, 0.15) is 13.2 Å². The normalized spacial score (nSPS) is 12.9. The molecule has 1 unspecified atom stereocenters. The average Bonchev–Trinajstić information content (AvgIpc) is 3.27. The van der Waals surface area contributed by atoms with Crippen molar-refractivity contribution in [2.45, 2.75) is 226 Å². The summed E-state index contributed by atoms with van der Waals surface area (Å²) in [4.78, 5) is 37.9. The van der Waals surface area contributed by atoms with Crippen molar-refractivity contribution in [3.8, 4) is 0 Å². The minimum absolute atomic E-state index is 0.108. The second kappa shape index (κ2) is 50.0. The fourth-order valence-electron chi connectivity index (χ4n) is 6.58. The van der Waals surface area contributed by atoms with Crippen molar-refractivity contribution in [3.63, 3.8) is 0 Å². The molecule has 0 aromatic heterocycles. The Kier molecular flexibility index (Phi) is 47.0. The fraction of sp³-hybridized carbons (Fsp3) is 0.661. The van der Waals surface area contributed by atoms with E-state index in [1.807, 2.05) is 0 Å². The summed E-state index contributed by atoms with van der Waals surface area (Å²) in [5.74, 6) is -0.991. The Balaban J connectivity index is 4.48. The van der Waals surface area contributed by atoms with E-state index in [2.05, 4.69) is 118 Å². The summed E-state index contributed by atoms with van der Waals surface area (Å²) >= 11 is 0. The zero-order valence-electron chi connectivity index (χ0n) is 40.1. The van der Waals surface area contributed by atoms with Gasteiger partial charge in [-0.25, -0.2) is 0 Å². The van der Waals surface area contributed by atoms with E-state index in [1.165, 1.54) is 51.4 Å². The van der Waals surface area contributed by atoms with Crippen LogP contribution in [0.2, 0.25) is 0 Å². The van der Waals surface area contributed by atoms with Crippen LogP contribution in [0.4, 0.5) is 0 Å². The number of rotatable bonds is 44. The molecule has 6 heteroatoms. The van der Waals surface area contributed by atoms with Gasteiger partial charge in [-0.1, -0.05) is 189 Å². The van der Waals surface area contributed by atoms with Crippen molar-refractivity contribution >= 4 is 17.9 Å². The number of hydrogen-bond donors (Lipinski definition) is 0. The van der Waals surface area contributed by atoms with E-state index in [-0.39, 0.29) is 37.5 Å². The minimum Gasteiger partial charge on any atom is -0.462 e. The summed E-state index contributed by atoms with van der Waals surface area (Å²) in [6.07, 6.45) is 65.4. The lowest BCUT2D eigenvalue weighted by atomic mass is 10.1. The number of unbranched alkanes of at least 4 members (excludes halogenated alkanes) is 18. The molecule has 0 saturated carbocycles. The molecule has 0 saturated heterocycles. The predicted octanol–water partition coefficient (Wildman–Crippen LogP) is 16.6. The summed E-state index contributed by atoms with van der Waals surface area (Å²) in [5.41, 5.74) is 0. The van der Waals surface area contributed by atoms with Crippen LogP contribution in [0.3, 0.4) is 0 Å². The SMILES string of the molecule is CC/C=C\C/C=C\C/C=C\CCCCCCC(=O)OC(COC(=O)CCCC/C=C\C/C=C\C/C=C\CC)COC(=O)CCCCCCC/C=C\C=C/CCCCCCCCC. The van der Waals surface area contributed by atoms with Gasteiger partial charge in [0.05, 0.1) is 0 Å². The third-order valence-corrected chi connectivity index (χ3v) is 10.3. The molecular formula is C56H92O6. The first kappa shape index (κ1) is 58.3. The number of esters is 3. The predicted molar refractivity (Wildman–Crippen MR) is 265 cm³/mol. The quantitative estimate of drug-likeness (QED) is 0.0200. The van der Waals surface area contributed by atoms with E-state index in [0.29, 0.717) is 12.8 Å². The molecule has 0 N–H and O–H groups in total. The van der Waals surface area contributed by atoms with Gasteiger partial charge in [-0.2, -0.15) is 0 Å². The molecule has 0 radical (unpaired) electrons. The minimum atomic E-state index is -0.811. The van der Waals surface area contributed by atoms with Crippen molar-refractivity contribution in [2.24, 2.45) is 0 Å². The van der Waals surface area contributed by atoms with Crippen LogP contribution in [0.15, 0.2) is 97.2 Å². The molecule has 6 nitrogen and oxygen atoms in total. The van der Waals surface area contributed by atoms with Crippen molar-refractivity contribution in [1.82, 2.24) is 0 Å². The van der Waals surface area contributed by atoms with Crippen LogP contribution in [0.25, 0.3) is 0 Å². The van der Waals surface area contributed by atoms with E-state index in [1.54, 1.807) is 0 Å². The summed E-state index contributed by atoms with van der Waals surface area (Å²) < 4.78 is 16.7. The van der Waals surface area contributed by atoms with E-state index < -0.39 is 6.10 Å². The van der Waals surface area contributed by atoms with Gasteiger partial charge in [0.2, 0.25) is 0 Å². The van der Waals surface area contributed by atoms with Crippen LogP contribution < -0.4 is 0 Å². The topological polar surface area (TPSA) is 78.9 Å². The lowest BCUT2D eigenvalue weighted by Crippen LogP contribution is -2.30. The second-order valence-corrected chi connectivity index (χ2v) is 16.3. The maximum absolute atomic E-state index is 12.8. The average molecular weight is 861 g/mol. The summed E-state index contributed by atoms with van der Waals surface area (Å²) in [7, 11) is 0. The first-order valence-electron chi connectivity index (χ1n) is 25.3. The molecule has 0 heterocycles. The van der Waals surface area contributed by atoms with Crippen molar-refractivity contribution < 1.29 is 28.6 Å². The van der Waals surface area contributed by atoms with Crippen molar-refractivity contribution in [2.75, 3.05) is 13.2 Å². The third kappa shape index (κ3) is 47.4. The summed E-state index contributed by atoms with van der Waals surface area (Å²) in [6, 6.07) is 0. The van der Waals surface area contributed by atoms with Gasteiger partial charge < -0.3 is 14.2 Å². The highest BCUT2D eigenvalue weighted by Gasteiger charge is 2.19. The van der Waals surface area contributed by atoms with Gasteiger partial charge in [-0.3, -0.25) is 14.4 Å². The van der Waals surface area contributed by atoms with Crippen LogP contribution in [0.1, 0.15) is 220 Å². The molecule has 0 spiro atoms. The molecule has 352 valence electrons. The van der Waals surface area contributed by atoms with Gasteiger partial charge in [0, 0.05) is 19.3 Å². The van der Waals surface area contributed by atoms with Crippen LogP contribution in [-0.4, -0.2) is 37.2 Å². The summed E-state index contributed by atoms with van der Waals surface area (Å²) in [5, 5.41) is 0. The lowest BCUT2D eigenvalue weighted by molar-refractivity contribution is -0.167. The maximum atomic E-state index is 12.8. The molecule has 0 aromatic carbocycles. The van der Waals surface area contributed by atoms with Crippen LogP contribution in [-0.2, 0) is 28.6 Å². The summed E-state index contributed by atoms with van der Waals surface area (Å²) in [6.45, 7) is 6.32. The number of allylic oxidation sites excluding steroid dienone is 16. The molecule has 1 atom stereocenters. The second-order valence-electron chi connectivity index (χ2n) is 16.3. The Bertz CT molecular complexity index is 1260. The monoisotopic (exact) mass is 861 g/mol.